The second-order valence-corrected chi connectivity index (χ2v) is 8.87. The predicted octanol–water partition coefficient (Wildman–Crippen LogP) is 3.24. The summed E-state index contributed by atoms with van der Waals surface area (Å²) in [6.45, 7) is 3.41. The predicted molar refractivity (Wildman–Crippen MR) is 123 cm³/mol. The number of anilines is 1. The summed E-state index contributed by atoms with van der Waals surface area (Å²) in [5.74, 6) is -0.215. The first kappa shape index (κ1) is 22.0. The smallest absolute Gasteiger partial charge is 0.326 e. The average Bonchev–Trinajstić information content (AvgIpc) is 3.03. The van der Waals surface area contributed by atoms with E-state index >= 15 is 0 Å². The van der Waals surface area contributed by atoms with Crippen molar-refractivity contribution in [3.8, 4) is 0 Å². The van der Waals surface area contributed by atoms with Crippen LogP contribution in [0.1, 0.15) is 31.7 Å². The molecular formula is C25H30N4O3. The van der Waals surface area contributed by atoms with E-state index in [2.05, 4.69) is 15.5 Å². The van der Waals surface area contributed by atoms with Crippen molar-refractivity contribution in [2.75, 3.05) is 25.1 Å². The number of nitrogens with one attached hydrogen (secondary N) is 2. The van der Waals surface area contributed by atoms with Crippen molar-refractivity contribution >= 4 is 23.5 Å². The van der Waals surface area contributed by atoms with Crippen LogP contribution in [0.5, 0.6) is 0 Å². The maximum absolute atomic E-state index is 13.1. The number of aryl methyl sites for hydroxylation is 1. The summed E-state index contributed by atoms with van der Waals surface area (Å²) in [5.41, 5.74) is 1.06. The first-order chi connectivity index (χ1) is 15.4. The zero-order valence-corrected chi connectivity index (χ0v) is 18.4. The lowest BCUT2D eigenvalue weighted by molar-refractivity contribution is -0.133. The van der Waals surface area contributed by atoms with Crippen molar-refractivity contribution < 1.29 is 14.4 Å². The second kappa shape index (κ2) is 9.53. The number of likely N-dealkylation sites (tertiary alicyclic amines) is 1. The Hall–Kier alpha value is -3.19. The highest BCUT2D eigenvalue weighted by molar-refractivity contribution is 6.06. The van der Waals surface area contributed by atoms with E-state index in [1.165, 1.54) is 4.90 Å². The zero-order valence-electron chi connectivity index (χ0n) is 18.4. The summed E-state index contributed by atoms with van der Waals surface area (Å²) < 4.78 is 0. The third-order valence-corrected chi connectivity index (χ3v) is 6.44. The maximum Gasteiger partial charge on any atom is 0.326 e. The Bertz CT molecular complexity index is 958. The van der Waals surface area contributed by atoms with Gasteiger partial charge >= 0.3 is 6.03 Å². The minimum atomic E-state index is -0.888. The molecule has 2 N–H and O–H groups in total. The van der Waals surface area contributed by atoms with Crippen LogP contribution in [0, 0.1) is 5.92 Å². The number of urea groups is 1. The molecule has 1 atom stereocenters. The molecule has 2 aliphatic rings. The molecule has 4 amide bonds. The van der Waals surface area contributed by atoms with Gasteiger partial charge in [-0.25, -0.2) is 9.69 Å². The monoisotopic (exact) mass is 434 g/mol. The fourth-order valence-corrected chi connectivity index (χ4v) is 4.39. The molecule has 0 saturated carbocycles. The summed E-state index contributed by atoms with van der Waals surface area (Å²) in [7, 11) is 0. The normalized spacial score (nSPS) is 22.1. The number of hydrogen-bond donors (Lipinski definition) is 2. The number of nitrogens with zero attached hydrogens (tertiary/aromatic N) is 2. The van der Waals surface area contributed by atoms with Gasteiger partial charge in [0.15, 0.2) is 0 Å². The van der Waals surface area contributed by atoms with Crippen molar-refractivity contribution in [2.24, 2.45) is 5.92 Å². The number of hydrogen-bond acceptors (Lipinski definition) is 4. The number of piperidine rings is 1. The molecule has 0 aromatic heterocycles. The van der Waals surface area contributed by atoms with Gasteiger partial charge in [0.2, 0.25) is 5.91 Å². The van der Waals surface area contributed by atoms with Crippen molar-refractivity contribution in [1.82, 2.24) is 15.1 Å². The molecule has 2 fully saturated rings. The third-order valence-electron chi connectivity index (χ3n) is 6.44. The summed E-state index contributed by atoms with van der Waals surface area (Å²) in [6, 6.07) is 19.1. The number of amides is 4. The van der Waals surface area contributed by atoms with E-state index in [1.54, 1.807) is 6.92 Å². The highest BCUT2D eigenvalue weighted by Crippen LogP contribution is 2.25. The van der Waals surface area contributed by atoms with E-state index in [1.807, 2.05) is 60.7 Å². The van der Waals surface area contributed by atoms with Crippen molar-refractivity contribution in [3.63, 3.8) is 0 Å². The number of benzene rings is 2. The van der Waals surface area contributed by atoms with Gasteiger partial charge in [-0.1, -0.05) is 48.5 Å². The van der Waals surface area contributed by atoms with Crippen LogP contribution in [0.2, 0.25) is 0 Å². The molecule has 0 unspecified atom stereocenters. The van der Waals surface area contributed by atoms with Crippen LogP contribution in [-0.4, -0.2) is 52.9 Å². The van der Waals surface area contributed by atoms with Crippen molar-refractivity contribution in [2.45, 2.75) is 38.1 Å². The third kappa shape index (κ3) is 4.99. The van der Waals surface area contributed by atoms with Crippen LogP contribution in [0.4, 0.5) is 10.5 Å². The molecule has 2 heterocycles. The minimum Gasteiger partial charge on any atom is -0.326 e. The summed E-state index contributed by atoms with van der Waals surface area (Å²) in [4.78, 5) is 41.6. The average molecular weight is 435 g/mol. The van der Waals surface area contributed by atoms with Gasteiger partial charge in [0.25, 0.3) is 5.91 Å². The van der Waals surface area contributed by atoms with Crippen LogP contribution in [-0.2, 0) is 16.0 Å². The second-order valence-electron chi connectivity index (χ2n) is 8.87. The molecule has 32 heavy (non-hydrogen) atoms. The SMILES string of the molecule is C[C@]1(CCc2ccccc2)NC(=O)N(CN2CCC(C(=O)Nc3ccccc3)CC2)C1=O. The van der Waals surface area contributed by atoms with Crippen LogP contribution < -0.4 is 10.6 Å². The topological polar surface area (TPSA) is 81.8 Å². The van der Waals surface area contributed by atoms with Gasteiger partial charge in [-0.05, 0) is 50.3 Å². The van der Waals surface area contributed by atoms with Gasteiger partial charge in [0.1, 0.15) is 5.54 Å². The summed E-state index contributed by atoms with van der Waals surface area (Å²) in [6.07, 6.45) is 2.68. The molecule has 0 aliphatic carbocycles. The Balaban J connectivity index is 1.27. The Kier molecular flexibility index (Phi) is 6.55. The largest absolute Gasteiger partial charge is 0.326 e. The van der Waals surface area contributed by atoms with E-state index in [0.29, 0.717) is 32.4 Å². The van der Waals surface area contributed by atoms with E-state index in [4.69, 9.17) is 0 Å². The molecule has 2 aromatic carbocycles. The number of carbonyl (C=O) groups is 3. The molecule has 2 aromatic rings. The minimum absolute atomic E-state index is 0.0272. The number of rotatable bonds is 7. The summed E-state index contributed by atoms with van der Waals surface area (Å²) >= 11 is 0. The molecule has 0 bridgehead atoms. The fraction of sp³-hybridized carbons (Fsp3) is 0.400. The molecule has 7 nitrogen and oxygen atoms in total. The molecule has 7 heteroatoms. The first-order valence-corrected chi connectivity index (χ1v) is 11.2. The van der Waals surface area contributed by atoms with Crippen LogP contribution in [0.25, 0.3) is 0 Å². The molecule has 2 aliphatic heterocycles. The van der Waals surface area contributed by atoms with E-state index in [9.17, 15) is 14.4 Å². The van der Waals surface area contributed by atoms with Gasteiger partial charge in [-0.15, -0.1) is 0 Å². The zero-order chi connectivity index (χ0) is 22.6. The lowest BCUT2D eigenvalue weighted by Crippen LogP contribution is -2.48. The Labute approximate surface area is 188 Å². The Morgan fingerprint density at radius 1 is 1.03 bits per heavy atom. The van der Waals surface area contributed by atoms with E-state index in [-0.39, 0.29) is 30.4 Å². The first-order valence-electron chi connectivity index (χ1n) is 11.2. The van der Waals surface area contributed by atoms with E-state index < -0.39 is 5.54 Å². The van der Waals surface area contributed by atoms with Gasteiger partial charge in [0, 0.05) is 24.7 Å². The summed E-state index contributed by atoms with van der Waals surface area (Å²) in [5, 5.41) is 5.86. The van der Waals surface area contributed by atoms with E-state index in [0.717, 1.165) is 17.7 Å². The van der Waals surface area contributed by atoms with Crippen LogP contribution in [0.3, 0.4) is 0 Å². The van der Waals surface area contributed by atoms with Crippen molar-refractivity contribution in [3.05, 3.63) is 66.2 Å². The fourth-order valence-electron chi connectivity index (χ4n) is 4.39. The standard InChI is InChI=1S/C25H30N4O3/c1-25(15-12-19-8-4-2-5-9-19)23(31)29(24(32)27-25)18-28-16-13-20(14-17-28)22(30)26-21-10-6-3-7-11-21/h2-11,20H,12-18H2,1H3,(H,26,30)(H,27,32)/t25-/m1/s1. The molecule has 4 rings (SSSR count). The van der Waals surface area contributed by atoms with Gasteiger partial charge in [-0.3, -0.25) is 14.5 Å². The molecule has 0 radical (unpaired) electrons. The lowest BCUT2D eigenvalue weighted by atomic mass is 9.93. The number of carbonyl (C=O) groups excluding carboxylic acids is 3. The highest BCUT2D eigenvalue weighted by Gasteiger charge is 2.47. The molecule has 168 valence electrons. The number of imide groups is 1. The van der Waals surface area contributed by atoms with Crippen molar-refractivity contribution in [1.29, 1.82) is 0 Å². The Morgan fingerprint density at radius 2 is 1.66 bits per heavy atom. The van der Waals surface area contributed by atoms with Gasteiger partial charge < -0.3 is 10.6 Å². The maximum atomic E-state index is 13.1. The highest BCUT2D eigenvalue weighted by atomic mass is 16.2. The van der Waals surface area contributed by atoms with Crippen LogP contribution in [0.15, 0.2) is 60.7 Å². The number of para-hydroxylation sites is 1. The molecular weight excluding hydrogens is 404 g/mol. The lowest BCUT2D eigenvalue weighted by Gasteiger charge is -2.33. The quantitative estimate of drug-likeness (QED) is 0.656. The van der Waals surface area contributed by atoms with Crippen LogP contribution >= 0.6 is 0 Å². The Morgan fingerprint density at radius 3 is 2.31 bits per heavy atom. The molecule has 0 spiro atoms. The van der Waals surface area contributed by atoms with Gasteiger partial charge in [-0.2, -0.15) is 0 Å². The van der Waals surface area contributed by atoms with Gasteiger partial charge in [0.05, 0.1) is 6.67 Å². The molecule has 2 saturated heterocycles.